The van der Waals surface area contributed by atoms with Gasteiger partial charge in [-0.05, 0) is 31.3 Å². The van der Waals surface area contributed by atoms with E-state index in [1.54, 1.807) is 16.6 Å². The van der Waals surface area contributed by atoms with Gasteiger partial charge in [-0.2, -0.15) is 9.50 Å². The number of rotatable bonds is 6. The summed E-state index contributed by atoms with van der Waals surface area (Å²) in [4.78, 5) is 8.85. The second-order valence-corrected chi connectivity index (χ2v) is 8.17. The summed E-state index contributed by atoms with van der Waals surface area (Å²) in [5, 5.41) is 17.1. The van der Waals surface area contributed by atoms with Gasteiger partial charge in [-0.3, -0.25) is 4.90 Å². The molecule has 4 heterocycles. The van der Waals surface area contributed by atoms with E-state index in [9.17, 15) is 4.39 Å². The molecular formula is C21H23FN8O. The molecule has 0 radical (unpaired) electrons. The number of hydrogen-bond donors (Lipinski definition) is 0. The van der Waals surface area contributed by atoms with Crippen LogP contribution in [-0.4, -0.2) is 61.0 Å². The van der Waals surface area contributed by atoms with E-state index in [1.165, 1.54) is 12.1 Å². The van der Waals surface area contributed by atoms with E-state index in [2.05, 4.69) is 37.2 Å². The Balaban J connectivity index is 1.28. The molecule has 1 aromatic carbocycles. The molecule has 1 aliphatic heterocycles. The zero-order valence-corrected chi connectivity index (χ0v) is 17.6. The van der Waals surface area contributed by atoms with Crippen LogP contribution in [0.1, 0.15) is 31.5 Å². The maximum Gasteiger partial charge on any atom is 0.240 e. The van der Waals surface area contributed by atoms with E-state index in [1.807, 2.05) is 26.0 Å². The number of benzene rings is 1. The first-order chi connectivity index (χ1) is 15.0. The predicted molar refractivity (Wildman–Crippen MR) is 112 cm³/mol. The molecule has 4 aromatic rings. The van der Waals surface area contributed by atoms with Crippen LogP contribution in [0, 0.1) is 5.82 Å². The Bertz CT molecular complexity index is 1210. The molecule has 31 heavy (non-hydrogen) atoms. The van der Waals surface area contributed by atoms with Gasteiger partial charge in [0.05, 0.1) is 6.54 Å². The van der Waals surface area contributed by atoms with Crippen molar-refractivity contribution in [3.63, 3.8) is 0 Å². The van der Waals surface area contributed by atoms with Gasteiger partial charge >= 0.3 is 0 Å². The van der Waals surface area contributed by atoms with Crippen molar-refractivity contribution in [2.24, 2.45) is 0 Å². The highest BCUT2D eigenvalue weighted by atomic mass is 19.1. The molecule has 0 amide bonds. The second kappa shape index (κ2) is 7.69. The maximum absolute atomic E-state index is 13.6. The van der Waals surface area contributed by atoms with Gasteiger partial charge in [0.15, 0.2) is 17.3 Å². The standard InChI is InChI=1S/C21H23FN8O/c1-13(2)20-23-19(31-27-20)12-28(3)16-10-29(11-16)18-8-7-17-24-25-21(30(17)26-18)14-5-4-6-15(22)9-14/h4-9,13,16H,10-12H2,1-3H3. The molecule has 0 unspecified atom stereocenters. The van der Waals surface area contributed by atoms with Gasteiger partial charge in [-0.25, -0.2) is 4.39 Å². The number of likely N-dealkylation sites (N-methyl/N-ethyl adjacent to an activating group) is 1. The summed E-state index contributed by atoms with van der Waals surface area (Å²) < 4.78 is 20.7. The van der Waals surface area contributed by atoms with Gasteiger partial charge in [0.25, 0.3) is 0 Å². The Morgan fingerprint density at radius 3 is 2.77 bits per heavy atom. The van der Waals surface area contributed by atoms with Crippen LogP contribution in [0.3, 0.4) is 0 Å². The van der Waals surface area contributed by atoms with Gasteiger partial charge in [-0.1, -0.05) is 31.1 Å². The van der Waals surface area contributed by atoms with Crippen LogP contribution in [0.25, 0.3) is 17.0 Å². The lowest BCUT2D eigenvalue weighted by atomic mass is 10.1. The molecule has 1 aliphatic rings. The Labute approximate surface area is 178 Å². The Morgan fingerprint density at radius 2 is 2.03 bits per heavy atom. The van der Waals surface area contributed by atoms with Crippen molar-refractivity contribution < 1.29 is 8.91 Å². The fourth-order valence-corrected chi connectivity index (χ4v) is 3.59. The van der Waals surface area contributed by atoms with E-state index in [0.717, 1.165) is 24.7 Å². The lowest BCUT2D eigenvalue weighted by molar-refractivity contribution is 0.174. The number of fused-ring (bicyclic) bond motifs is 1. The van der Waals surface area contributed by atoms with Crippen molar-refractivity contribution in [3.05, 3.63) is 53.9 Å². The molecule has 0 spiro atoms. The summed E-state index contributed by atoms with van der Waals surface area (Å²) >= 11 is 0. The van der Waals surface area contributed by atoms with Crippen LogP contribution in [0.5, 0.6) is 0 Å². The zero-order chi connectivity index (χ0) is 21.5. The fourth-order valence-electron chi connectivity index (χ4n) is 3.59. The molecule has 3 aromatic heterocycles. The lowest BCUT2D eigenvalue weighted by Crippen LogP contribution is -2.58. The van der Waals surface area contributed by atoms with E-state index < -0.39 is 0 Å². The first kappa shape index (κ1) is 19.6. The van der Waals surface area contributed by atoms with Crippen molar-refractivity contribution >= 4 is 11.5 Å². The zero-order valence-electron chi connectivity index (χ0n) is 17.6. The van der Waals surface area contributed by atoms with Gasteiger partial charge in [0.1, 0.15) is 11.6 Å². The van der Waals surface area contributed by atoms with Gasteiger partial charge in [0.2, 0.25) is 5.89 Å². The molecule has 160 valence electrons. The van der Waals surface area contributed by atoms with E-state index >= 15 is 0 Å². The largest absolute Gasteiger partial charge is 0.352 e. The average molecular weight is 422 g/mol. The molecule has 1 saturated heterocycles. The molecule has 5 rings (SSSR count). The average Bonchev–Trinajstić information content (AvgIpc) is 3.33. The van der Waals surface area contributed by atoms with Crippen molar-refractivity contribution in [1.82, 2.24) is 34.9 Å². The third-order valence-corrected chi connectivity index (χ3v) is 5.53. The third kappa shape index (κ3) is 3.74. The minimum absolute atomic E-state index is 0.248. The van der Waals surface area contributed by atoms with Crippen LogP contribution in [0.2, 0.25) is 0 Å². The summed E-state index contributed by atoms with van der Waals surface area (Å²) in [6, 6.07) is 10.4. The number of nitrogens with zero attached hydrogens (tertiary/aromatic N) is 8. The predicted octanol–water partition coefficient (Wildman–Crippen LogP) is 2.76. The molecule has 9 nitrogen and oxygen atoms in total. The van der Waals surface area contributed by atoms with Crippen LogP contribution < -0.4 is 4.90 Å². The number of aromatic nitrogens is 6. The SMILES string of the molecule is CC(C)c1noc(CN(C)C2CN(c3ccc4nnc(-c5cccc(F)c5)n4n3)C2)n1. The summed E-state index contributed by atoms with van der Waals surface area (Å²) in [6.45, 7) is 6.36. The molecule has 0 atom stereocenters. The van der Waals surface area contributed by atoms with Gasteiger partial charge in [-0.15, -0.1) is 15.3 Å². The topological polar surface area (TPSA) is 88.5 Å². The van der Waals surface area contributed by atoms with Gasteiger partial charge < -0.3 is 9.42 Å². The fraction of sp³-hybridized carbons (Fsp3) is 0.381. The normalized spacial score (nSPS) is 14.7. The number of hydrogen-bond acceptors (Lipinski definition) is 8. The monoisotopic (exact) mass is 422 g/mol. The van der Waals surface area contributed by atoms with Crippen molar-refractivity contribution in [2.75, 3.05) is 25.0 Å². The van der Waals surface area contributed by atoms with Crippen molar-refractivity contribution in [2.45, 2.75) is 32.4 Å². The molecule has 1 fully saturated rings. The Hall–Kier alpha value is -3.40. The molecular weight excluding hydrogens is 399 g/mol. The highest BCUT2D eigenvalue weighted by Gasteiger charge is 2.32. The summed E-state index contributed by atoms with van der Waals surface area (Å²) in [5.74, 6) is 2.64. The second-order valence-electron chi connectivity index (χ2n) is 8.17. The van der Waals surface area contributed by atoms with Crippen LogP contribution in [0.4, 0.5) is 10.2 Å². The molecule has 0 N–H and O–H groups in total. The molecule has 0 saturated carbocycles. The van der Waals surface area contributed by atoms with Crippen LogP contribution >= 0.6 is 0 Å². The quantitative estimate of drug-likeness (QED) is 0.469. The molecule has 0 bridgehead atoms. The summed E-state index contributed by atoms with van der Waals surface area (Å²) in [6.07, 6.45) is 0. The first-order valence-electron chi connectivity index (χ1n) is 10.2. The molecule has 0 aliphatic carbocycles. The minimum atomic E-state index is -0.319. The van der Waals surface area contributed by atoms with E-state index in [4.69, 9.17) is 9.62 Å². The van der Waals surface area contributed by atoms with Crippen LogP contribution in [-0.2, 0) is 6.54 Å². The molecule has 10 heteroatoms. The van der Waals surface area contributed by atoms with E-state index in [-0.39, 0.29) is 11.7 Å². The minimum Gasteiger partial charge on any atom is -0.352 e. The Morgan fingerprint density at radius 1 is 1.19 bits per heavy atom. The van der Waals surface area contributed by atoms with E-state index in [0.29, 0.717) is 35.5 Å². The maximum atomic E-state index is 13.6. The number of anilines is 1. The van der Waals surface area contributed by atoms with Crippen molar-refractivity contribution in [1.29, 1.82) is 0 Å². The highest BCUT2D eigenvalue weighted by Crippen LogP contribution is 2.25. The first-order valence-corrected chi connectivity index (χ1v) is 10.2. The summed E-state index contributed by atoms with van der Waals surface area (Å²) in [7, 11) is 2.06. The summed E-state index contributed by atoms with van der Waals surface area (Å²) in [5.41, 5.74) is 1.26. The van der Waals surface area contributed by atoms with Crippen molar-refractivity contribution in [3.8, 4) is 11.4 Å². The number of halogens is 1. The van der Waals surface area contributed by atoms with Gasteiger partial charge in [0, 0.05) is 30.6 Å². The van der Waals surface area contributed by atoms with Crippen LogP contribution in [0.15, 0.2) is 40.9 Å². The highest BCUT2D eigenvalue weighted by molar-refractivity contribution is 5.60. The lowest BCUT2D eigenvalue weighted by Gasteiger charge is -2.44. The third-order valence-electron chi connectivity index (χ3n) is 5.53. The Kier molecular flexibility index (Phi) is 4.85. The smallest absolute Gasteiger partial charge is 0.240 e.